The summed E-state index contributed by atoms with van der Waals surface area (Å²) in [6.07, 6.45) is 2.56. The summed E-state index contributed by atoms with van der Waals surface area (Å²) in [6.45, 7) is 7.25. The third-order valence-electron chi connectivity index (χ3n) is 3.42. The molecule has 18 heavy (non-hydrogen) atoms. The Balaban J connectivity index is 1.89. The van der Waals surface area contributed by atoms with Crippen molar-refractivity contribution in [2.75, 3.05) is 17.5 Å². The van der Waals surface area contributed by atoms with Gasteiger partial charge in [-0.1, -0.05) is 22.6 Å². The van der Waals surface area contributed by atoms with Crippen molar-refractivity contribution in [3.05, 3.63) is 0 Å². The molecule has 4 nitrogen and oxygen atoms in total. The van der Waals surface area contributed by atoms with E-state index < -0.39 is 5.60 Å². The van der Waals surface area contributed by atoms with Crippen LogP contribution in [0.15, 0.2) is 0 Å². The van der Waals surface area contributed by atoms with E-state index in [9.17, 15) is 4.79 Å². The molecule has 1 amide bonds. The maximum atomic E-state index is 12.0. The average molecular weight is 367 g/mol. The lowest BCUT2D eigenvalue weighted by atomic mass is 9.93. The fraction of sp³-hybridized carbons (Fsp3) is 0.923. The number of likely N-dealkylation sites (tertiary alicyclic amines) is 1. The number of fused-ring (bicyclic) bond motifs is 1. The van der Waals surface area contributed by atoms with Crippen molar-refractivity contribution >= 4 is 28.7 Å². The molecule has 104 valence electrons. The Morgan fingerprint density at radius 1 is 1.50 bits per heavy atom. The first kappa shape index (κ1) is 14.4. The largest absolute Gasteiger partial charge is 0.444 e. The molecule has 5 heteroatoms. The van der Waals surface area contributed by atoms with Crippen LogP contribution in [0.3, 0.4) is 0 Å². The van der Waals surface area contributed by atoms with E-state index in [0.717, 1.165) is 30.4 Å². The first-order chi connectivity index (χ1) is 8.39. The van der Waals surface area contributed by atoms with E-state index in [4.69, 9.17) is 9.47 Å². The molecule has 0 N–H and O–H groups in total. The standard InChI is InChI=1S/C13H22INO3/c1-13(2,3)18-12(16)15-5-4-11-9(8-15)6-10(7-14)17-11/h9-11H,4-8H2,1-3H3/t9-,10+,11-/m0/s1. The van der Waals surface area contributed by atoms with Gasteiger partial charge in [-0.25, -0.2) is 4.79 Å². The number of hydrogen-bond donors (Lipinski definition) is 0. The summed E-state index contributed by atoms with van der Waals surface area (Å²) in [5.74, 6) is 0.492. The summed E-state index contributed by atoms with van der Waals surface area (Å²) in [4.78, 5) is 13.9. The van der Waals surface area contributed by atoms with E-state index >= 15 is 0 Å². The lowest BCUT2D eigenvalue weighted by Gasteiger charge is -2.35. The van der Waals surface area contributed by atoms with Gasteiger partial charge < -0.3 is 14.4 Å². The van der Waals surface area contributed by atoms with Crippen molar-refractivity contribution in [1.29, 1.82) is 0 Å². The van der Waals surface area contributed by atoms with E-state index in [1.165, 1.54) is 0 Å². The van der Waals surface area contributed by atoms with Gasteiger partial charge in [0.1, 0.15) is 5.60 Å². The third-order valence-corrected chi connectivity index (χ3v) is 4.40. The molecule has 0 aromatic rings. The monoisotopic (exact) mass is 367 g/mol. The van der Waals surface area contributed by atoms with E-state index in [-0.39, 0.29) is 6.09 Å². The lowest BCUT2D eigenvalue weighted by Crippen LogP contribution is -2.46. The molecule has 0 saturated carbocycles. The number of ether oxygens (including phenoxy) is 2. The molecule has 0 aromatic heterocycles. The number of halogens is 1. The number of alkyl halides is 1. The molecule has 3 atom stereocenters. The topological polar surface area (TPSA) is 38.8 Å². The summed E-state index contributed by atoms with van der Waals surface area (Å²) in [6, 6.07) is 0. The predicted octanol–water partition coefficient (Wildman–Crippen LogP) is 2.84. The number of hydrogen-bond acceptors (Lipinski definition) is 3. The molecular weight excluding hydrogens is 345 g/mol. The fourth-order valence-electron chi connectivity index (χ4n) is 2.65. The second-order valence-electron chi connectivity index (χ2n) is 6.16. The molecule has 0 radical (unpaired) electrons. The molecule has 2 aliphatic heterocycles. The van der Waals surface area contributed by atoms with Gasteiger partial charge >= 0.3 is 6.09 Å². The average Bonchev–Trinajstić information content (AvgIpc) is 2.68. The van der Waals surface area contributed by atoms with E-state index in [1.54, 1.807) is 0 Å². The highest BCUT2D eigenvalue weighted by Crippen LogP contribution is 2.34. The predicted molar refractivity (Wildman–Crippen MR) is 78.1 cm³/mol. The Hall–Kier alpha value is -0.0400. The molecule has 2 fully saturated rings. The highest BCUT2D eigenvalue weighted by Gasteiger charge is 2.40. The van der Waals surface area contributed by atoms with Crippen molar-refractivity contribution in [2.45, 2.75) is 51.4 Å². The van der Waals surface area contributed by atoms with Crippen molar-refractivity contribution in [3.8, 4) is 0 Å². The maximum Gasteiger partial charge on any atom is 0.410 e. The van der Waals surface area contributed by atoms with Gasteiger partial charge in [0.25, 0.3) is 0 Å². The van der Waals surface area contributed by atoms with Crippen LogP contribution in [0, 0.1) is 5.92 Å². The van der Waals surface area contributed by atoms with Gasteiger partial charge in [-0.15, -0.1) is 0 Å². The molecule has 0 spiro atoms. The van der Waals surface area contributed by atoms with Crippen molar-refractivity contribution in [3.63, 3.8) is 0 Å². The van der Waals surface area contributed by atoms with E-state index in [1.807, 2.05) is 25.7 Å². The van der Waals surface area contributed by atoms with Gasteiger partial charge in [-0.05, 0) is 33.6 Å². The van der Waals surface area contributed by atoms with Crippen molar-refractivity contribution < 1.29 is 14.3 Å². The van der Waals surface area contributed by atoms with Crippen molar-refractivity contribution in [2.24, 2.45) is 5.92 Å². The van der Waals surface area contributed by atoms with Gasteiger partial charge in [0.15, 0.2) is 0 Å². The van der Waals surface area contributed by atoms with Crippen molar-refractivity contribution in [1.82, 2.24) is 4.90 Å². The van der Waals surface area contributed by atoms with Crippen LogP contribution in [0.1, 0.15) is 33.6 Å². The van der Waals surface area contributed by atoms with Gasteiger partial charge in [0, 0.05) is 23.4 Å². The Bertz CT molecular complexity index is 316. The summed E-state index contributed by atoms with van der Waals surface area (Å²) < 4.78 is 12.4. The molecular formula is C13H22INO3. The maximum absolute atomic E-state index is 12.0. The zero-order chi connectivity index (χ0) is 13.3. The van der Waals surface area contributed by atoms with Crippen LogP contribution in [-0.4, -0.2) is 46.3 Å². The molecule has 2 rings (SSSR count). The quantitative estimate of drug-likeness (QED) is 0.529. The highest BCUT2D eigenvalue weighted by atomic mass is 127. The minimum atomic E-state index is -0.412. The number of rotatable bonds is 1. The van der Waals surface area contributed by atoms with Crippen LogP contribution in [0.25, 0.3) is 0 Å². The third kappa shape index (κ3) is 3.50. The zero-order valence-electron chi connectivity index (χ0n) is 11.3. The number of carbonyl (C=O) groups excluding carboxylic acids is 1. The molecule has 0 unspecified atom stereocenters. The number of carbonyl (C=O) groups is 1. The first-order valence-corrected chi connectivity index (χ1v) is 8.11. The van der Waals surface area contributed by atoms with Gasteiger partial charge in [0.05, 0.1) is 12.2 Å². The smallest absolute Gasteiger partial charge is 0.410 e. The SMILES string of the molecule is CC(C)(C)OC(=O)N1CC[C@@H]2O[C@@H](CI)C[C@H]2C1. The normalized spacial score (nSPS) is 32.2. The summed E-state index contributed by atoms with van der Waals surface area (Å²) in [5.41, 5.74) is -0.412. The van der Waals surface area contributed by atoms with Crippen LogP contribution in [0.2, 0.25) is 0 Å². The number of amides is 1. The van der Waals surface area contributed by atoms with Crippen LogP contribution < -0.4 is 0 Å². The van der Waals surface area contributed by atoms with Crippen LogP contribution >= 0.6 is 22.6 Å². The van der Waals surface area contributed by atoms with Crippen LogP contribution in [0.4, 0.5) is 4.79 Å². The molecule has 2 heterocycles. The molecule has 0 bridgehead atoms. The van der Waals surface area contributed by atoms with Gasteiger partial charge in [0.2, 0.25) is 0 Å². The van der Waals surface area contributed by atoms with Crippen LogP contribution in [-0.2, 0) is 9.47 Å². The molecule has 2 aliphatic rings. The number of piperidine rings is 1. The highest BCUT2D eigenvalue weighted by molar-refractivity contribution is 14.1. The molecule has 0 aliphatic carbocycles. The molecule has 2 saturated heterocycles. The minimum Gasteiger partial charge on any atom is -0.444 e. The fourth-order valence-corrected chi connectivity index (χ4v) is 3.22. The second-order valence-corrected chi connectivity index (χ2v) is 7.04. The minimum absolute atomic E-state index is 0.182. The first-order valence-electron chi connectivity index (χ1n) is 6.58. The summed E-state index contributed by atoms with van der Waals surface area (Å²) in [5, 5.41) is 0. The Morgan fingerprint density at radius 2 is 2.22 bits per heavy atom. The van der Waals surface area contributed by atoms with E-state index in [0.29, 0.717) is 18.1 Å². The lowest BCUT2D eigenvalue weighted by molar-refractivity contribution is -0.0106. The number of nitrogens with zero attached hydrogens (tertiary/aromatic N) is 1. The Kier molecular flexibility index (Phi) is 4.41. The van der Waals surface area contributed by atoms with Gasteiger partial charge in [-0.2, -0.15) is 0 Å². The van der Waals surface area contributed by atoms with Gasteiger partial charge in [-0.3, -0.25) is 0 Å². The zero-order valence-corrected chi connectivity index (χ0v) is 13.5. The van der Waals surface area contributed by atoms with E-state index in [2.05, 4.69) is 22.6 Å². The molecule has 0 aromatic carbocycles. The Labute approximate surface area is 123 Å². The summed E-state index contributed by atoms with van der Waals surface area (Å²) >= 11 is 2.37. The second kappa shape index (κ2) is 5.53. The Morgan fingerprint density at radius 3 is 2.83 bits per heavy atom. The van der Waals surface area contributed by atoms with Crippen LogP contribution in [0.5, 0.6) is 0 Å². The summed E-state index contributed by atoms with van der Waals surface area (Å²) in [7, 11) is 0.